The maximum Gasteiger partial charge on any atom is 0.327 e. The Balaban J connectivity index is 0.000000189. The monoisotopic (exact) mass is 439 g/mol. The van der Waals surface area contributed by atoms with E-state index < -0.39 is 0 Å². The molecule has 0 bridgehead atoms. The molecule has 1 saturated carbocycles. The second-order valence-electron chi connectivity index (χ2n) is 8.44. The quantitative estimate of drug-likeness (QED) is 0.588. The van der Waals surface area contributed by atoms with Gasteiger partial charge in [0, 0.05) is 31.4 Å². The zero-order valence-electron chi connectivity index (χ0n) is 18.9. The highest BCUT2D eigenvalue weighted by Crippen LogP contribution is 2.38. The molecule has 2 aliphatic rings. The summed E-state index contributed by atoms with van der Waals surface area (Å²) in [6, 6.07) is 4.74. The van der Waals surface area contributed by atoms with Crippen LogP contribution in [0.4, 0.5) is 10.1 Å². The number of H-pyrrole nitrogens is 1. The second kappa shape index (κ2) is 9.73. The Morgan fingerprint density at radius 3 is 2.56 bits per heavy atom. The van der Waals surface area contributed by atoms with Gasteiger partial charge in [0.15, 0.2) is 5.65 Å². The third-order valence-electron chi connectivity index (χ3n) is 6.18. The van der Waals surface area contributed by atoms with E-state index in [0.717, 1.165) is 59.6 Å². The molecule has 32 heavy (non-hydrogen) atoms. The number of nitrogens with one attached hydrogen (secondary N) is 1. The number of aromatic amines is 1. The number of aliphatic imine (C=N–C) groups is 1. The van der Waals surface area contributed by atoms with Crippen LogP contribution >= 0.6 is 0 Å². The molecule has 1 aliphatic heterocycles. The van der Waals surface area contributed by atoms with Gasteiger partial charge in [-0.25, -0.2) is 19.2 Å². The molecule has 1 aliphatic carbocycles. The number of halogens is 1. The number of ether oxygens (including phenoxy) is 1. The smallest absolute Gasteiger partial charge is 0.327 e. The highest BCUT2D eigenvalue weighted by atomic mass is 19.1. The van der Waals surface area contributed by atoms with Gasteiger partial charge in [-0.05, 0) is 70.2 Å². The van der Waals surface area contributed by atoms with E-state index in [1.165, 1.54) is 18.6 Å². The van der Waals surface area contributed by atoms with Crippen LogP contribution in [-0.2, 0) is 4.74 Å². The fourth-order valence-corrected chi connectivity index (χ4v) is 4.30. The second-order valence-corrected chi connectivity index (χ2v) is 8.44. The molecule has 1 saturated heterocycles. The molecule has 0 spiro atoms. The van der Waals surface area contributed by atoms with Gasteiger partial charge in [0.25, 0.3) is 0 Å². The van der Waals surface area contributed by atoms with E-state index in [-0.39, 0.29) is 17.5 Å². The van der Waals surface area contributed by atoms with Crippen molar-refractivity contribution in [1.82, 2.24) is 19.5 Å². The van der Waals surface area contributed by atoms with Crippen LogP contribution in [0.5, 0.6) is 0 Å². The molecule has 0 unspecified atom stereocenters. The molecule has 5 rings (SSSR count). The van der Waals surface area contributed by atoms with Crippen molar-refractivity contribution in [2.45, 2.75) is 64.8 Å². The van der Waals surface area contributed by atoms with Crippen LogP contribution in [0, 0.1) is 19.7 Å². The van der Waals surface area contributed by atoms with Gasteiger partial charge in [-0.15, -0.1) is 0 Å². The number of fused-ring (bicyclic) bond motifs is 1. The minimum Gasteiger partial charge on any atom is -0.381 e. The molecular formula is C24H30FN5O2. The van der Waals surface area contributed by atoms with E-state index in [4.69, 9.17) is 4.74 Å². The molecule has 2 aromatic heterocycles. The fourth-order valence-electron chi connectivity index (χ4n) is 4.30. The number of aryl methyl sites for hydroxylation is 2. The number of nitrogens with zero attached hydrogens (tertiary/aromatic N) is 4. The standard InChI is InChI=1S/C15H20N4O2.C9H10FN/c1-9-16-12(10-3-2-4-10)13-14(17-9)19(15(20)18-13)11-5-7-21-8-6-11;1-3-11-9-5-4-8(10)6-7(9)2/h10-11H,2-8H2,1H3,(H,18,20);3-6H,1-2H3. The van der Waals surface area contributed by atoms with Crippen LogP contribution in [0.2, 0.25) is 0 Å². The molecule has 8 heteroatoms. The van der Waals surface area contributed by atoms with E-state index in [2.05, 4.69) is 19.9 Å². The van der Waals surface area contributed by atoms with Gasteiger partial charge < -0.3 is 9.72 Å². The SMILES string of the molecule is CC=Nc1ccc(F)cc1C.Cc1nc(C2CCC2)c2[nH]c(=O)n(C3CCOCC3)c2n1. The van der Waals surface area contributed by atoms with Gasteiger partial charge in [0.2, 0.25) is 0 Å². The molecule has 1 aromatic carbocycles. The lowest BCUT2D eigenvalue weighted by molar-refractivity contribution is 0.0697. The summed E-state index contributed by atoms with van der Waals surface area (Å²) in [4.78, 5) is 28.7. The lowest BCUT2D eigenvalue weighted by atomic mass is 9.82. The minimum atomic E-state index is -0.211. The number of benzene rings is 1. The van der Waals surface area contributed by atoms with Crippen molar-refractivity contribution in [2.24, 2.45) is 4.99 Å². The summed E-state index contributed by atoms with van der Waals surface area (Å²) in [5.74, 6) is 1.03. The Bertz CT molecular complexity index is 1170. The number of rotatable bonds is 3. The maximum absolute atomic E-state index is 12.5. The minimum absolute atomic E-state index is 0.0580. The van der Waals surface area contributed by atoms with Crippen LogP contribution < -0.4 is 5.69 Å². The molecule has 1 N–H and O–H groups in total. The Kier molecular flexibility index (Phi) is 6.79. The topological polar surface area (TPSA) is 85.2 Å². The molecule has 0 radical (unpaired) electrons. The van der Waals surface area contributed by atoms with Crippen molar-refractivity contribution in [3.63, 3.8) is 0 Å². The Hall–Kier alpha value is -2.87. The largest absolute Gasteiger partial charge is 0.381 e. The van der Waals surface area contributed by atoms with E-state index in [1.807, 2.05) is 25.3 Å². The first-order valence-electron chi connectivity index (χ1n) is 11.3. The summed E-state index contributed by atoms with van der Waals surface area (Å²) in [7, 11) is 0. The number of hydrogen-bond donors (Lipinski definition) is 1. The summed E-state index contributed by atoms with van der Waals surface area (Å²) in [5.41, 5.74) is 4.30. The summed E-state index contributed by atoms with van der Waals surface area (Å²) < 4.78 is 19.8. The Morgan fingerprint density at radius 2 is 1.94 bits per heavy atom. The average Bonchev–Trinajstić information content (AvgIpc) is 3.06. The first-order chi connectivity index (χ1) is 15.5. The lowest BCUT2D eigenvalue weighted by Crippen LogP contribution is -2.27. The van der Waals surface area contributed by atoms with Crippen LogP contribution in [-0.4, -0.2) is 38.9 Å². The van der Waals surface area contributed by atoms with Crippen molar-refractivity contribution >= 4 is 23.1 Å². The van der Waals surface area contributed by atoms with Gasteiger partial charge >= 0.3 is 5.69 Å². The molecule has 0 atom stereocenters. The predicted molar refractivity (Wildman–Crippen MR) is 124 cm³/mol. The van der Waals surface area contributed by atoms with Gasteiger partial charge in [-0.3, -0.25) is 9.56 Å². The fraction of sp³-hybridized carbons (Fsp3) is 0.500. The summed E-state index contributed by atoms with van der Waals surface area (Å²) >= 11 is 0. The van der Waals surface area contributed by atoms with Crippen molar-refractivity contribution in [3.8, 4) is 0 Å². The first-order valence-corrected chi connectivity index (χ1v) is 11.3. The first kappa shape index (κ1) is 22.3. The molecule has 3 aromatic rings. The van der Waals surface area contributed by atoms with Crippen LogP contribution in [0.3, 0.4) is 0 Å². The summed E-state index contributed by atoms with van der Waals surface area (Å²) in [6.45, 7) is 7.01. The molecule has 3 heterocycles. The number of imidazole rings is 1. The molecule has 0 amide bonds. The Labute approximate surface area is 186 Å². The molecule has 170 valence electrons. The van der Waals surface area contributed by atoms with Crippen molar-refractivity contribution in [1.29, 1.82) is 0 Å². The Morgan fingerprint density at radius 1 is 1.19 bits per heavy atom. The van der Waals surface area contributed by atoms with Gasteiger partial charge in [-0.2, -0.15) is 0 Å². The van der Waals surface area contributed by atoms with Gasteiger partial charge in [-0.1, -0.05) is 6.42 Å². The normalized spacial score (nSPS) is 17.4. The van der Waals surface area contributed by atoms with Crippen molar-refractivity contribution in [2.75, 3.05) is 13.2 Å². The van der Waals surface area contributed by atoms with Gasteiger partial charge in [0.05, 0.1) is 11.4 Å². The highest BCUT2D eigenvalue weighted by molar-refractivity contribution is 5.74. The van der Waals surface area contributed by atoms with Crippen LogP contribution in [0.25, 0.3) is 11.2 Å². The zero-order valence-corrected chi connectivity index (χ0v) is 18.9. The van der Waals surface area contributed by atoms with Crippen LogP contribution in [0.1, 0.15) is 68.1 Å². The third-order valence-corrected chi connectivity index (χ3v) is 6.18. The van der Waals surface area contributed by atoms with E-state index in [0.29, 0.717) is 19.1 Å². The van der Waals surface area contributed by atoms with Crippen molar-refractivity contribution in [3.05, 3.63) is 51.6 Å². The molecular weight excluding hydrogens is 409 g/mol. The summed E-state index contributed by atoms with van der Waals surface area (Å²) in [6.07, 6.45) is 7.01. The van der Waals surface area contributed by atoms with Crippen LogP contribution in [0.15, 0.2) is 28.0 Å². The lowest BCUT2D eigenvalue weighted by Gasteiger charge is -2.25. The van der Waals surface area contributed by atoms with Gasteiger partial charge in [0.1, 0.15) is 17.2 Å². The maximum atomic E-state index is 12.5. The predicted octanol–water partition coefficient (Wildman–Crippen LogP) is 4.90. The van der Waals surface area contributed by atoms with E-state index >= 15 is 0 Å². The number of aromatic nitrogens is 4. The molecule has 7 nitrogen and oxygen atoms in total. The highest BCUT2D eigenvalue weighted by Gasteiger charge is 2.28. The number of hydrogen-bond acceptors (Lipinski definition) is 5. The zero-order chi connectivity index (χ0) is 22.7. The van der Waals surface area contributed by atoms with Crippen molar-refractivity contribution < 1.29 is 9.13 Å². The average molecular weight is 440 g/mol. The van der Waals surface area contributed by atoms with E-state index in [9.17, 15) is 9.18 Å². The molecule has 2 fully saturated rings. The third kappa shape index (κ3) is 4.65. The summed E-state index contributed by atoms with van der Waals surface area (Å²) in [5, 5.41) is 0. The van der Waals surface area contributed by atoms with E-state index in [1.54, 1.807) is 12.3 Å².